The molecule has 0 atom stereocenters. The number of amides is 3. The molecule has 3 heterocycles. The van der Waals surface area contributed by atoms with E-state index in [0.717, 1.165) is 4.90 Å². The van der Waals surface area contributed by atoms with Gasteiger partial charge in [-0.2, -0.15) is 0 Å². The van der Waals surface area contributed by atoms with Crippen LogP contribution in [0.4, 0.5) is 5.13 Å². The van der Waals surface area contributed by atoms with Crippen molar-refractivity contribution in [1.29, 1.82) is 0 Å². The molecule has 7 nitrogen and oxygen atoms in total. The molecule has 0 aliphatic carbocycles. The molecule has 4 rings (SSSR count). The van der Waals surface area contributed by atoms with E-state index in [-0.39, 0.29) is 29.1 Å². The van der Waals surface area contributed by atoms with Gasteiger partial charge in [-0.3, -0.25) is 24.6 Å². The number of rotatable bonds is 5. The van der Waals surface area contributed by atoms with Crippen molar-refractivity contribution in [2.75, 3.05) is 5.32 Å². The molecule has 0 unspecified atom stereocenters. The third-order valence-electron chi connectivity index (χ3n) is 4.04. The molecule has 1 aromatic carbocycles. The third-order valence-corrected chi connectivity index (χ3v) is 5.12. The van der Waals surface area contributed by atoms with E-state index in [1.54, 1.807) is 17.5 Å². The molecule has 1 N–H and O–H groups in total. The van der Waals surface area contributed by atoms with Crippen molar-refractivity contribution in [3.63, 3.8) is 0 Å². The van der Waals surface area contributed by atoms with E-state index in [9.17, 15) is 14.4 Å². The number of imide groups is 1. The SMILES string of the molecule is O=C(Nc1nc(CCl)cs1)c1ccc2c(c1)C(=O)N(Cc1ccco1)C2=O. The minimum atomic E-state index is -0.459. The number of anilines is 1. The summed E-state index contributed by atoms with van der Waals surface area (Å²) < 4.78 is 5.21. The molecule has 9 heteroatoms. The summed E-state index contributed by atoms with van der Waals surface area (Å²) in [6.07, 6.45) is 1.48. The van der Waals surface area contributed by atoms with Crippen LogP contribution in [0.15, 0.2) is 46.4 Å². The Labute approximate surface area is 162 Å². The molecule has 27 heavy (non-hydrogen) atoms. The highest BCUT2D eigenvalue weighted by Crippen LogP contribution is 2.26. The van der Waals surface area contributed by atoms with E-state index in [4.69, 9.17) is 16.0 Å². The summed E-state index contributed by atoms with van der Waals surface area (Å²) in [4.78, 5) is 42.8. The molecule has 0 radical (unpaired) electrons. The average molecular weight is 402 g/mol. The van der Waals surface area contributed by atoms with Crippen LogP contribution in [0.2, 0.25) is 0 Å². The number of benzene rings is 1. The maximum absolute atomic E-state index is 12.6. The summed E-state index contributed by atoms with van der Waals surface area (Å²) in [5.74, 6) is -0.531. The van der Waals surface area contributed by atoms with E-state index in [2.05, 4.69) is 10.3 Å². The topological polar surface area (TPSA) is 92.5 Å². The quantitative estimate of drug-likeness (QED) is 0.521. The Morgan fingerprint density at radius 3 is 2.74 bits per heavy atom. The number of furan rings is 1. The standard InChI is InChI=1S/C18H12ClN3O4S/c19-7-11-9-27-18(20-11)21-15(23)10-3-4-13-14(6-10)17(25)22(16(13)24)8-12-2-1-5-26-12/h1-6,9H,7-8H2,(H,20,21,23). The maximum atomic E-state index is 12.6. The van der Waals surface area contributed by atoms with Gasteiger partial charge in [-0.15, -0.1) is 22.9 Å². The van der Waals surface area contributed by atoms with Crippen LogP contribution in [0.25, 0.3) is 0 Å². The third kappa shape index (κ3) is 3.24. The first-order valence-corrected chi connectivity index (χ1v) is 9.32. The van der Waals surface area contributed by atoms with Crippen LogP contribution in [0.1, 0.15) is 42.5 Å². The van der Waals surface area contributed by atoms with Crippen molar-refractivity contribution in [2.45, 2.75) is 12.4 Å². The van der Waals surface area contributed by atoms with Gasteiger partial charge < -0.3 is 4.42 Å². The summed E-state index contributed by atoms with van der Waals surface area (Å²) >= 11 is 6.96. The highest BCUT2D eigenvalue weighted by atomic mass is 35.5. The first-order chi connectivity index (χ1) is 13.1. The van der Waals surface area contributed by atoms with Gasteiger partial charge >= 0.3 is 0 Å². The Morgan fingerprint density at radius 2 is 2.04 bits per heavy atom. The number of aromatic nitrogens is 1. The Balaban J connectivity index is 1.56. The molecule has 2 aromatic heterocycles. The van der Waals surface area contributed by atoms with Crippen LogP contribution in [-0.2, 0) is 12.4 Å². The van der Waals surface area contributed by atoms with E-state index in [1.165, 1.54) is 35.8 Å². The van der Waals surface area contributed by atoms with Crippen molar-refractivity contribution >= 4 is 45.8 Å². The molecule has 3 aromatic rings. The van der Waals surface area contributed by atoms with Gasteiger partial charge in [0.15, 0.2) is 5.13 Å². The number of fused-ring (bicyclic) bond motifs is 1. The molecule has 1 aliphatic heterocycles. The Hall–Kier alpha value is -2.97. The molecule has 0 saturated carbocycles. The molecule has 0 bridgehead atoms. The number of hydrogen-bond acceptors (Lipinski definition) is 6. The predicted molar refractivity (Wildman–Crippen MR) is 99.0 cm³/mol. The maximum Gasteiger partial charge on any atom is 0.261 e. The monoisotopic (exact) mass is 401 g/mol. The molecular weight excluding hydrogens is 390 g/mol. The van der Waals surface area contributed by atoms with Gasteiger partial charge in [0.05, 0.1) is 35.5 Å². The van der Waals surface area contributed by atoms with Crippen molar-refractivity contribution in [2.24, 2.45) is 0 Å². The van der Waals surface area contributed by atoms with Gasteiger partial charge in [0.25, 0.3) is 17.7 Å². The lowest BCUT2D eigenvalue weighted by molar-refractivity contribution is 0.0631. The van der Waals surface area contributed by atoms with Gasteiger partial charge in [-0.05, 0) is 30.3 Å². The number of hydrogen-bond donors (Lipinski definition) is 1. The zero-order valence-electron chi connectivity index (χ0n) is 13.8. The van der Waals surface area contributed by atoms with Gasteiger partial charge in [0.1, 0.15) is 5.76 Å². The summed E-state index contributed by atoms with van der Waals surface area (Å²) in [6, 6.07) is 7.78. The minimum absolute atomic E-state index is 0.0429. The summed E-state index contributed by atoms with van der Waals surface area (Å²) in [7, 11) is 0. The second kappa shape index (κ2) is 6.98. The van der Waals surface area contributed by atoms with Crippen LogP contribution >= 0.6 is 22.9 Å². The van der Waals surface area contributed by atoms with Gasteiger partial charge in [0.2, 0.25) is 0 Å². The second-order valence-electron chi connectivity index (χ2n) is 5.77. The van der Waals surface area contributed by atoms with Gasteiger partial charge in [-0.1, -0.05) is 0 Å². The molecule has 3 amide bonds. The fourth-order valence-corrected chi connectivity index (χ4v) is 3.66. The summed E-state index contributed by atoms with van der Waals surface area (Å²) in [5, 5.41) is 4.83. The van der Waals surface area contributed by atoms with Gasteiger partial charge in [-0.25, -0.2) is 4.98 Å². The number of nitrogens with one attached hydrogen (secondary N) is 1. The number of thiazole rings is 1. The number of carbonyl (C=O) groups is 3. The molecule has 1 aliphatic rings. The average Bonchev–Trinajstić information content (AvgIpc) is 3.40. The Bertz CT molecular complexity index is 1040. The molecule has 136 valence electrons. The van der Waals surface area contributed by atoms with Crippen molar-refractivity contribution in [1.82, 2.24) is 9.88 Å². The number of nitrogens with zero attached hydrogens (tertiary/aromatic N) is 2. The molecule has 0 spiro atoms. The molecule has 0 fully saturated rings. The number of alkyl halides is 1. The first kappa shape index (κ1) is 17.4. The van der Waals surface area contributed by atoms with Crippen molar-refractivity contribution in [3.05, 3.63) is 70.1 Å². The predicted octanol–water partition coefficient (Wildman–Crippen LogP) is 3.52. The Morgan fingerprint density at radius 1 is 1.22 bits per heavy atom. The second-order valence-corrected chi connectivity index (χ2v) is 6.89. The van der Waals surface area contributed by atoms with Crippen LogP contribution in [-0.4, -0.2) is 27.6 Å². The smallest absolute Gasteiger partial charge is 0.261 e. The van der Waals surface area contributed by atoms with Crippen LogP contribution in [0.3, 0.4) is 0 Å². The van der Waals surface area contributed by atoms with E-state index >= 15 is 0 Å². The van der Waals surface area contributed by atoms with E-state index < -0.39 is 17.7 Å². The first-order valence-electron chi connectivity index (χ1n) is 7.91. The van der Waals surface area contributed by atoms with Crippen LogP contribution in [0, 0.1) is 0 Å². The summed E-state index contributed by atoms with van der Waals surface area (Å²) in [6.45, 7) is 0.0429. The zero-order chi connectivity index (χ0) is 19.0. The molecular formula is C18H12ClN3O4S. The zero-order valence-corrected chi connectivity index (χ0v) is 15.3. The normalized spacial score (nSPS) is 13.1. The van der Waals surface area contributed by atoms with E-state index in [1.807, 2.05) is 0 Å². The number of halogens is 1. The largest absolute Gasteiger partial charge is 0.467 e. The fraction of sp³-hybridized carbons (Fsp3) is 0.111. The lowest BCUT2D eigenvalue weighted by Crippen LogP contribution is -2.28. The Kier molecular flexibility index (Phi) is 4.51. The highest BCUT2D eigenvalue weighted by Gasteiger charge is 2.36. The van der Waals surface area contributed by atoms with E-state index in [0.29, 0.717) is 16.6 Å². The minimum Gasteiger partial charge on any atom is -0.467 e. The lowest BCUT2D eigenvalue weighted by atomic mass is 10.1. The van der Waals surface area contributed by atoms with Gasteiger partial charge in [0, 0.05) is 10.9 Å². The summed E-state index contributed by atoms with van der Waals surface area (Å²) in [5.41, 5.74) is 1.39. The fourth-order valence-electron chi connectivity index (χ4n) is 2.73. The van der Waals surface area contributed by atoms with Crippen LogP contribution in [0.5, 0.6) is 0 Å². The highest BCUT2D eigenvalue weighted by molar-refractivity contribution is 7.14. The number of carbonyl (C=O) groups excluding carboxylic acids is 3. The van der Waals surface area contributed by atoms with Crippen molar-refractivity contribution in [3.8, 4) is 0 Å². The van der Waals surface area contributed by atoms with Crippen LogP contribution < -0.4 is 5.32 Å². The molecule has 0 saturated heterocycles. The van der Waals surface area contributed by atoms with Crippen molar-refractivity contribution < 1.29 is 18.8 Å². The lowest BCUT2D eigenvalue weighted by Gasteiger charge is -2.11.